The highest BCUT2D eigenvalue weighted by molar-refractivity contribution is 5.96. The van der Waals surface area contributed by atoms with Crippen LogP contribution in [0.4, 0.5) is 0 Å². The van der Waals surface area contributed by atoms with Crippen LogP contribution < -0.4 is 9.47 Å². The molecule has 1 aromatic rings. The van der Waals surface area contributed by atoms with Gasteiger partial charge in [-0.2, -0.15) is 0 Å². The Labute approximate surface area is 131 Å². The van der Waals surface area contributed by atoms with Crippen LogP contribution in [0.25, 0.3) is 0 Å². The Hall–Kier alpha value is -2.24. The quantitative estimate of drug-likeness (QED) is 0.688. The Morgan fingerprint density at radius 2 is 1.50 bits per heavy atom. The van der Waals surface area contributed by atoms with Crippen LogP contribution in [0.3, 0.4) is 0 Å². The van der Waals surface area contributed by atoms with E-state index in [9.17, 15) is 9.59 Å². The van der Waals surface area contributed by atoms with Crippen LogP contribution in [-0.2, 0) is 9.53 Å². The predicted molar refractivity (Wildman–Crippen MR) is 82.4 cm³/mol. The lowest BCUT2D eigenvalue weighted by Gasteiger charge is -2.17. The van der Waals surface area contributed by atoms with Crippen molar-refractivity contribution in [1.82, 2.24) is 4.90 Å². The van der Waals surface area contributed by atoms with Crippen molar-refractivity contribution in [3.05, 3.63) is 23.8 Å². The Morgan fingerprint density at radius 3 is 1.95 bits per heavy atom. The summed E-state index contributed by atoms with van der Waals surface area (Å²) in [6.07, 6.45) is 0. The predicted octanol–water partition coefficient (Wildman–Crippen LogP) is 2.12. The van der Waals surface area contributed by atoms with E-state index in [0.29, 0.717) is 30.3 Å². The minimum atomic E-state index is -0.440. The molecule has 0 spiro atoms. The molecule has 0 atom stereocenters. The average molecular weight is 309 g/mol. The first-order valence-electron chi connectivity index (χ1n) is 7.33. The smallest absolute Gasteiger partial charge is 0.325 e. The molecule has 22 heavy (non-hydrogen) atoms. The molecular formula is C16H23NO5. The lowest BCUT2D eigenvalue weighted by atomic mass is 10.1. The molecule has 0 N–H and O–H groups in total. The van der Waals surface area contributed by atoms with Crippen LogP contribution in [0.1, 0.15) is 31.1 Å². The number of hydrogen-bond donors (Lipinski definition) is 0. The van der Waals surface area contributed by atoms with E-state index in [2.05, 4.69) is 0 Å². The molecule has 0 saturated carbocycles. The van der Waals surface area contributed by atoms with Crippen LogP contribution in [0.2, 0.25) is 0 Å². The highest BCUT2D eigenvalue weighted by Gasteiger charge is 2.17. The molecule has 0 aromatic heterocycles. The minimum Gasteiger partial charge on any atom is -0.494 e. The van der Waals surface area contributed by atoms with Crippen LogP contribution in [-0.4, -0.2) is 50.2 Å². The lowest BCUT2D eigenvalue weighted by Crippen LogP contribution is -2.33. The first-order valence-corrected chi connectivity index (χ1v) is 7.33. The third-order valence-corrected chi connectivity index (χ3v) is 2.77. The molecule has 1 amide bonds. The van der Waals surface area contributed by atoms with E-state index < -0.39 is 5.97 Å². The average Bonchev–Trinajstić information content (AvgIpc) is 2.47. The Balaban J connectivity index is 2.92. The summed E-state index contributed by atoms with van der Waals surface area (Å²) < 4.78 is 15.7. The SMILES string of the molecule is CCOC(=O)CN(C)C(=O)c1cc(OCC)cc(OCC)c1. The van der Waals surface area contributed by atoms with Gasteiger partial charge in [-0.15, -0.1) is 0 Å². The third kappa shape index (κ3) is 5.27. The molecule has 0 bridgehead atoms. The molecule has 6 heteroatoms. The topological polar surface area (TPSA) is 65.1 Å². The van der Waals surface area contributed by atoms with Crippen molar-refractivity contribution >= 4 is 11.9 Å². The number of carbonyl (C=O) groups excluding carboxylic acids is 2. The molecule has 0 aliphatic rings. The van der Waals surface area contributed by atoms with Crippen molar-refractivity contribution in [2.75, 3.05) is 33.4 Å². The normalized spacial score (nSPS) is 10.0. The zero-order valence-corrected chi connectivity index (χ0v) is 13.5. The van der Waals surface area contributed by atoms with Crippen molar-refractivity contribution in [1.29, 1.82) is 0 Å². The second-order valence-corrected chi connectivity index (χ2v) is 4.53. The number of nitrogens with zero attached hydrogens (tertiary/aromatic N) is 1. The Bertz CT molecular complexity index is 491. The molecule has 1 aromatic carbocycles. The summed E-state index contributed by atoms with van der Waals surface area (Å²) in [5.74, 6) is 0.377. The highest BCUT2D eigenvalue weighted by atomic mass is 16.5. The van der Waals surface area contributed by atoms with Gasteiger partial charge < -0.3 is 19.1 Å². The van der Waals surface area contributed by atoms with Crippen LogP contribution >= 0.6 is 0 Å². The zero-order valence-electron chi connectivity index (χ0n) is 13.5. The highest BCUT2D eigenvalue weighted by Crippen LogP contribution is 2.24. The molecule has 0 aliphatic carbocycles. The summed E-state index contributed by atoms with van der Waals surface area (Å²) in [5, 5.41) is 0. The van der Waals surface area contributed by atoms with Crippen molar-refractivity contribution in [3.63, 3.8) is 0 Å². The monoisotopic (exact) mass is 309 g/mol. The van der Waals surface area contributed by atoms with Gasteiger partial charge in [0.05, 0.1) is 19.8 Å². The van der Waals surface area contributed by atoms with Gasteiger partial charge in [0.1, 0.15) is 18.0 Å². The van der Waals surface area contributed by atoms with Crippen molar-refractivity contribution in [2.24, 2.45) is 0 Å². The van der Waals surface area contributed by atoms with Crippen molar-refractivity contribution in [3.8, 4) is 11.5 Å². The molecule has 0 saturated heterocycles. The van der Waals surface area contributed by atoms with Gasteiger partial charge in [0.25, 0.3) is 5.91 Å². The summed E-state index contributed by atoms with van der Waals surface area (Å²) in [7, 11) is 1.55. The maximum Gasteiger partial charge on any atom is 0.325 e. The number of carbonyl (C=O) groups is 2. The lowest BCUT2D eigenvalue weighted by molar-refractivity contribution is -0.143. The van der Waals surface area contributed by atoms with Crippen molar-refractivity contribution in [2.45, 2.75) is 20.8 Å². The number of rotatable bonds is 8. The molecule has 122 valence electrons. The third-order valence-electron chi connectivity index (χ3n) is 2.77. The van der Waals surface area contributed by atoms with Gasteiger partial charge in [0.15, 0.2) is 0 Å². The van der Waals surface area contributed by atoms with E-state index in [-0.39, 0.29) is 19.1 Å². The summed E-state index contributed by atoms with van der Waals surface area (Å²) in [5.41, 5.74) is 0.404. The molecule has 0 heterocycles. The van der Waals surface area contributed by atoms with Crippen LogP contribution in [0.15, 0.2) is 18.2 Å². The second kappa shape index (κ2) is 8.92. The van der Waals surface area contributed by atoms with Gasteiger partial charge in [-0.05, 0) is 32.9 Å². The maximum atomic E-state index is 12.4. The van der Waals surface area contributed by atoms with Crippen molar-refractivity contribution < 1.29 is 23.8 Å². The summed E-state index contributed by atoms with van der Waals surface area (Å²) >= 11 is 0. The molecule has 0 fully saturated rings. The number of esters is 1. The van der Waals surface area contributed by atoms with Gasteiger partial charge in [-0.25, -0.2) is 0 Å². The summed E-state index contributed by atoms with van der Waals surface area (Å²) in [4.78, 5) is 25.2. The number of amides is 1. The van der Waals surface area contributed by atoms with E-state index in [1.54, 1.807) is 32.2 Å². The second-order valence-electron chi connectivity index (χ2n) is 4.53. The first kappa shape index (κ1) is 17.8. The largest absolute Gasteiger partial charge is 0.494 e. The number of benzene rings is 1. The fraction of sp³-hybridized carbons (Fsp3) is 0.500. The van der Waals surface area contributed by atoms with E-state index in [4.69, 9.17) is 14.2 Å². The van der Waals surface area contributed by atoms with E-state index in [0.717, 1.165) is 0 Å². The molecule has 1 rings (SSSR count). The number of hydrogen-bond acceptors (Lipinski definition) is 5. The van der Waals surface area contributed by atoms with Gasteiger partial charge in [0.2, 0.25) is 0 Å². The number of likely N-dealkylation sites (N-methyl/N-ethyl adjacent to an activating group) is 1. The fourth-order valence-electron chi connectivity index (χ4n) is 1.89. The molecule has 6 nitrogen and oxygen atoms in total. The van der Waals surface area contributed by atoms with E-state index in [1.807, 2.05) is 13.8 Å². The van der Waals surface area contributed by atoms with Crippen LogP contribution in [0, 0.1) is 0 Å². The Kier molecular flexibility index (Phi) is 7.22. The first-order chi connectivity index (χ1) is 10.5. The van der Waals surface area contributed by atoms with E-state index >= 15 is 0 Å². The van der Waals surface area contributed by atoms with Gasteiger partial charge >= 0.3 is 5.97 Å². The Morgan fingerprint density at radius 1 is 0.955 bits per heavy atom. The summed E-state index contributed by atoms with van der Waals surface area (Å²) in [6.45, 7) is 6.61. The van der Waals surface area contributed by atoms with Gasteiger partial charge in [-0.3, -0.25) is 9.59 Å². The molecule has 0 aliphatic heterocycles. The number of ether oxygens (including phenoxy) is 3. The van der Waals surface area contributed by atoms with Gasteiger partial charge in [-0.1, -0.05) is 0 Å². The van der Waals surface area contributed by atoms with E-state index in [1.165, 1.54) is 4.90 Å². The summed E-state index contributed by atoms with van der Waals surface area (Å²) in [6, 6.07) is 5.00. The van der Waals surface area contributed by atoms with Crippen LogP contribution in [0.5, 0.6) is 11.5 Å². The fourth-order valence-corrected chi connectivity index (χ4v) is 1.89. The molecular weight excluding hydrogens is 286 g/mol. The van der Waals surface area contributed by atoms with Gasteiger partial charge in [0, 0.05) is 18.7 Å². The maximum absolute atomic E-state index is 12.4. The molecule has 0 radical (unpaired) electrons. The molecule has 0 unspecified atom stereocenters. The zero-order chi connectivity index (χ0) is 16.5. The standard InChI is InChI=1S/C16H23NO5/c1-5-20-13-8-12(9-14(10-13)21-6-2)16(19)17(4)11-15(18)22-7-3/h8-10H,5-7,11H2,1-4H3. The minimum absolute atomic E-state index is 0.102.